The summed E-state index contributed by atoms with van der Waals surface area (Å²) in [7, 11) is 0. The molecule has 98 valence electrons. The fraction of sp³-hybridized carbons (Fsp3) is 0.571. The Morgan fingerprint density at radius 1 is 1.00 bits per heavy atom. The minimum absolute atomic E-state index is 0. The smallest absolute Gasteiger partial charge is 0.0452 e. The van der Waals surface area contributed by atoms with Gasteiger partial charge in [0, 0.05) is 10.6 Å². The summed E-state index contributed by atoms with van der Waals surface area (Å²) >= 11 is 1.89. The molecule has 2 N–H and O–H groups in total. The van der Waals surface area contributed by atoms with E-state index in [0.29, 0.717) is 0 Å². The maximum Gasteiger partial charge on any atom is 0.0452 e. The van der Waals surface area contributed by atoms with E-state index < -0.39 is 0 Å². The number of unbranched alkanes of at least 4 members (excludes halogenated alkanes) is 5. The van der Waals surface area contributed by atoms with Crippen LogP contribution < -0.4 is 5.73 Å². The van der Waals surface area contributed by atoms with Gasteiger partial charge in [-0.15, -0.1) is 24.2 Å². The first kappa shape index (κ1) is 16.7. The molecule has 1 aromatic carbocycles. The average molecular weight is 274 g/mol. The number of rotatable bonds is 8. The van der Waals surface area contributed by atoms with Gasteiger partial charge in [0.05, 0.1) is 0 Å². The first-order chi connectivity index (χ1) is 7.84. The number of hydrogen-bond acceptors (Lipinski definition) is 2. The van der Waals surface area contributed by atoms with E-state index in [9.17, 15) is 0 Å². The van der Waals surface area contributed by atoms with Crippen molar-refractivity contribution in [2.75, 3.05) is 11.5 Å². The van der Waals surface area contributed by atoms with Gasteiger partial charge >= 0.3 is 0 Å². The zero-order valence-electron chi connectivity index (χ0n) is 10.7. The molecule has 0 aliphatic rings. The van der Waals surface area contributed by atoms with Crippen molar-refractivity contribution in [2.24, 2.45) is 0 Å². The van der Waals surface area contributed by atoms with E-state index in [1.54, 1.807) is 0 Å². The molecule has 0 saturated carbocycles. The van der Waals surface area contributed by atoms with Gasteiger partial charge in [0.25, 0.3) is 0 Å². The van der Waals surface area contributed by atoms with Crippen LogP contribution in [0.5, 0.6) is 0 Å². The van der Waals surface area contributed by atoms with Crippen LogP contribution in [0.3, 0.4) is 0 Å². The predicted octanol–water partition coefficient (Wildman–Crippen LogP) is 5.14. The van der Waals surface area contributed by atoms with E-state index >= 15 is 0 Å². The molecule has 0 aromatic heterocycles. The van der Waals surface area contributed by atoms with Crippen LogP contribution in [-0.4, -0.2) is 5.75 Å². The molecule has 0 aliphatic heterocycles. The van der Waals surface area contributed by atoms with Gasteiger partial charge in [0.1, 0.15) is 0 Å². The Labute approximate surface area is 116 Å². The van der Waals surface area contributed by atoms with Crippen molar-refractivity contribution in [2.45, 2.75) is 50.3 Å². The minimum Gasteiger partial charge on any atom is -0.398 e. The largest absolute Gasteiger partial charge is 0.398 e. The normalized spacial score (nSPS) is 9.94. The van der Waals surface area contributed by atoms with Crippen LogP contribution in [0.4, 0.5) is 5.69 Å². The molecule has 0 heterocycles. The van der Waals surface area contributed by atoms with E-state index in [2.05, 4.69) is 19.1 Å². The second-order valence-electron chi connectivity index (χ2n) is 4.15. The molecule has 0 bridgehead atoms. The van der Waals surface area contributed by atoms with Gasteiger partial charge in [0.15, 0.2) is 0 Å². The number of thioether (sulfide) groups is 1. The Bertz CT molecular complexity index is 291. The van der Waals surface area contributed by atoms with E-state index in [1.165, 1.54) is 49.2 Å². The van der Waals surface area contributed by atoms with Gasteiger partial charge in [-0.2, -0.15) is 0 Å². The summed E-state index contributed by atoms with van der Waals surface area (Å²) in [4.78, 5) is 1.23. The van der Waals surface area contributed by atoms with Crippen LogP contribution in [0.25, 0.3) is 0 Å². The lowest BCUT2D eigenvalue weighted by Crippen LogP contribution is -1.88. The molecule has 0 saturated heterocycles. The van der Waals surface area contributed by atoms with Gasteiger partial charge in [-0.1, -0.05) is 51.2 Å². The molecule has 1 aromatic rings. The van der Waals surface area contributed by atoms with E-state index in [4.69, 9.17) is 5.73 Å². The Morgan fingerprint density at radius 3 is 2.35 bits per heavy atom. The molecule has 0 atom stereocenters. The second-order valence-corrected chi connectivity index (χ2v) is 5.29. The first-order valence-electron chi connectivity index (χ1n) is 6.32. The molecular weight excluding hydrogens is 250 g/mol. The van der Waals surface area contributed by atoms with Crippen molar-refractivity contribution in [3.63, 3.8) is 0 Å². The highest BCUT2D eigenvalue weighted by molar-refractivity contribution is 7.99. The summed E-state index contributed by atoms with van der Waals surface area (Å²) in [5.41, 5.74) is 6.80. The lowest BCUT2D eigenvalue weighted by Gasteiger charge is -2.04. The van der Waals surface area contributed by atoms with Crippen LogP contribution in [0.15, 0.2) is 29.2 Å². The molecule has 0 spiro atoms. The number of anilines is 1. The molecule has 0 unspecified atom stereocenters. The zero-order valence-corrected chi connectivity index (χ0v) is 12.3. The van der Waals surface area contributed by atoms with Gasteiger partial charge in [-0.3, -0.25) is 0 Å². The monoisotopic (exact) mass is 273 g/mol. The van der Waals surface area contributed by atoms with Crippen molar-refractivity contribution >= 4 is 29.9 Å². The van der Waals surface area contributed by atoms with Crippen LogP contribution in [0.1, 0.15) is 45.4 Å². The molecule has 17 heavy (non-hydrogen) atoms. The summed E-state index contributed by atoms with van der Waals surface area (Å²) in [5.74, 6) is 1.19. The fourth-order valence-electron chi connectivity index (χ4n) is 1.68. The predicted molar refractivity (Wildman–Crippen MR) is 82.2 cm³/mol. The maximum absolute atomic E-state index is 5.88. The molecule has 0 fully saturated rings. The fourth-order valence-corrected chi connectivity index (χ4v) is 2.65. The maximum atomic E-state index is 5.88. The van der Waals surface area contributed by atoms with E-state index in [0.717, 1.165) is 5.69 Å². The lowest BCUT2D eigenvalue weighted by molar-refractivity contribution is 0.627. The number of para-hydroxylation sites is 1. The third-order valence-corrected chi connectivity index (χ3v) is 3.85. The Kier molecular flexibility index (Phi) is 10.6. The van der Waals surface area contributed by atoms with Crippen molar-refractivity contribution < 1.29 is 0 Å². The van der Waals surface area contributed by atoms with Gasteiger partial charge in [-0.25, -0.2) is 0 Å². The highest BCUT2D eigenvalue weighted by Crippen LogP contribution is 2.25. The molecule has 0 aliphatic carbocycles. The van der Waals surface area contributed by atoms with E-state index in [1.807, 2.05) is 23.9 Å². The zero-order chi connectivity index (χ0) is 11.6. The number of nitrogens with two attached hydrogens (primary N) is 1. The molecule has 0 amide bonds. The Hall–Kier alpha value is -0.340. The van der Waals surface area contributed by atoms with Crippen molar-refractivity contribution in [1.82, 2.24) is 0 Å². The number of nitrogen functional groups attached to an aromatic ring is 1. The third kappa shape index (κ3) is 7.56. The SMILES string of the molecule is CCCCCCCCSc1ccccc1N.Cl. The molecule has 3 heteroatoms. The summed E-state index contributed by atoms with van der Waals surface area (Å²) < 4.78 is 0. The summed E-state index contributed by atoms with van der Waals surface area (Å²) in [6.07, 6.45) is 8.17. The van der Waals surface area contributed by atoms with Crippen LogP contribution >= 0.6 is 24.2 Å². The third-order valence-electron chi connectivity index (χ3n) is 2.67. The molecule has 1 nitrogen and oxygen atoms in total. The van der Waals surface area contributed by atoms with Gasteiger partial charge < -0.3 is 5.73 Å². The molecule has 1 rings (SSSR count). The molecular formula is C14H24ClNS. The number of halogens is 1. The highest BCUT2D eigenvalue weighted by Gasteiger charge is 1.97. The summed E-state index contributed by atoms with van der Waals surface area (Å²) in [5, 5.41) is 0. The van der Waals surface area contributed by atoms with Gasteiger partial charge in [0.2, 0.25) is 0 Å². The quantitative estimate of drug-likeness (QED) is 0.403. The Morgan fingerprint density at radius 2 is 1.65 bits per heavy atom. The number of hydrogen-bond donors (Lipinski definition) is 1. The molecule has 0 radical (unpaired) electrons. The number of benzene rings is 1. The summed E-state index contributed by atoms with van der Waals surface area (Å²) in [6, 6.07) is 8.13. The van der Waals surface area contributed by atoms with Crippen molar-refractivity contribution in [3.8, 4) is 0 Å². The van der Waals surface area contributed by atoms with Crippen LogP contribution in [-0.2, 0) is 0 Å². The standard InChI is InChI=1S/C14H23NS.ClH/c1-2-3-4-5-6-9-12-16-14-11-8-7-10-13(14)15;/h7-8,10-11H,2-6,9,12,15H2,1H3;1H. The first-order valence-corrected chi connectivity index (χ1v) is 7.30. The van der Waals surface area contributed by atoms with Crippen LogP contribution in [0, 0.1) is 0 Å². The van der Waals surface area contributed by atoms with Crippen molar-refractivity contribution in [1.29, 1.82) is 0 Å². The van der Waals surface area contributed by atoms with Crippen molar-refractivity contribution in [3.05, 3.63) is 24.3 Å². The van der Waals surface area contributed by atoms with E-state index in [-0.39, 0.29) is 12.4 Å². The van der Waals surface area contributed by atoms with Gasteiger partial charge in [-0.05, 0) is 24.3 Å². The van der Waals surface area contributed by atoms with Crippen LogP contribution in [0.2, 0.25) is 0 Å². The summed E-state index contributed by atoms with van der Waals surface area (Å²) in [6.45, 7) is 2.26. The highest BCUT2D eigenvalue weighted by atomic mass is 35.5. The topological polar surface area (TPSA) is 26.0 Å². The Balaban J connectivity index is 0.00000256. The minimum atomic E-state index is 0. The average Bonchev–Trinajstić information content (AvgIpc) is 2.30. The lowest BCUT2D eigenvalue weighted by atomic mass is 10.1. The second kappa shape index (κ2) is 10.8.